The molecule has 0 fully saturated rings. The standard InChI is InChI=1S/C12H7Br3OS/c1-6-3-2-4-7(9(6)14)11(16)12-10(15)8(13)5-17-12/h2-5H,1H3. The van der Waals surface area contributed by atoms with Crippen LogP contribution >= 0.6 is 59.1 Å². The maximum Gasteiger partial charge on any atom is 0.205 e. The maximum atomic E-state index is 12.4. The predicted molar refractivity (Wildman–Crippen MR) is 82.0 cm³/mol. The third-order valence-electron chi connectivity index (χ3n) is 2.33. The van der Waals surface area contributed by atoms with Crippen molar-refractivity contribution < 1.29 is 4.79 Å². The van der Waals surface area contributed by atoms with Gasteiger partial charge in [-0.1, -0.05) is 12.1 Å². The van der Waals surface area contributed by atoms with E-state index in [1.165, 1.54) is 11.3 Å². The molecule has 17 heavy (non-hydrogen) atoms. The molecule has 0 aliphatic rings. The highest BCUT2D eigenvalue weighted by atomic mass is 79.9. The minimum atomic E-state index is 0.0307. The van der Waals surface area contributed by atoms with E-state index in [0.717, 1.165) is 19.0 Å². The van der Waals surface area contributed by atoms with Crippen molar-refractivity contribution in [3.8, 4) is 0 Å². The van der Waals surface area contributed by atoms with Crippen molar-refractivity contribution in [2.45, 2.75) is 6.92 Å². The van der Waals surface area contributed by atoms with Crippen LogP contribution in [0.15, 0.2) is 37.0 Å². The molecule has 0 bridgehead atoms. The Kier molecular flexibility index (Phi) is 4.23. The Bertz CT molecular complexity index is 589. The molecule has 0 N–H and O–H groups in total. The van der Waals surface area contributed by atoms with Crippen molar-refractivity contribution in [2.75, 3.05) is 0 Å². The number of thiophene rings is 1. The van der Waals surface area contributed by atoms with Crippen LogP contribution in [-0.4, -0.2) is 5.78 Å². The van der Waals surface area contributed by atoms with Gasteiger partial charge in [-0.2, -0.15) is 0 Å². The van der Waals surface area contributed by atoms with Gasteiger partial charge in [-0.3, -0.25) is 4.79 Å². The molecule has 0 atom stereocenters. The first-order chi connectivity index (χ1) is 8.02. The van der Waals surface area contributed by atoms with Gasteiger partial charge in [-0.15, -0.1) is 11.3 Å². The van der Waals surface area contributed by atoms with E-state index in [1.54, 1.807) is 0 Å². The molecule has 0 aliphatic carbocycles. The Balaban J connectivity index is 2.51. The lowest BCUT2D eigenvalue weighted by Gasteiger charge is -2.05. The quantitative estimate of drug-likeness (QED) is 0.560. The zero-order valence-corrected chi connectivity index (χ0v) is 14.3. The summed E-state index contributed by atoms with van der Waals surface area (Å²) in [5.41, 5.74) is 1.75. The fourth-order valence-electron chi connectivity index (χ4n) is 1.42. The Morgan fingerprint density at radius 3 is 2.47 bits per heavy atom. The molecule has 0 amide bonds. The van der Waals surface area contributed by atoms with Crippen molar-refractivity contribution in [1.82, 2.24) is 0 Å². The monoisotopic (exact) mass is 436 g/mol. The fourth-order valence-corrected chi connectivity index (χ4v) is 3.97. The van der Waals surface area contributed by atoms with Crippen molar-refractivity contribution in [3.05, 3.63) is 53.0 Å². The summed E-state index contributed by atoms with van der Waals surface area (Å²) in [6.07, 6.45) is 0. The largest absolute Gasteiger partial charge is 0.288 e. The Hall–Kier alpha value is 0.0300. The number of carbonyl (C=O) groups is 1. The molecule has 0 saturated carbocycles. The van der Waals surface area contributed by atoms with E-state index in [1.807, 2.05) is 30.5 Å². The van der Waals surface area contributed by atoms with Crippen molar-refractivity contribution in [1.29, 1.82) is 0 Å². The van der Waals surface area contributed by atoms with E-state index in [2.05, 4.69) is 47.8 Å². The molecule has 1 heterocycles. The molecule has 2 aromatic rings. The molecular formula is C12H7Br3OS. The molecular weight excluding hydrogens is 432 g/mol. The molecule has 1 aromatic heterocycles. The summed E-state index contributed by atoms with van der Waals surface area (Å²) in [4.78, 5) is 13.1. The van der Waals surface area contributed by atoms with Crippen LogP contribution in [-0.2, 0) is 0 Å². The molecule has 1 nitrogen and oxygen atoms in total. The molecule has 0 aliphatic heterocycles. The first-order valence-corrected chi connectivity index (χ1v) is 8.00. The van der Waals surface area contributed by atoms with Gasteiger partial charge in [0.1, 0.15) is 0 Å². The number of rotatable bonds is 2. The second-order valence-electron chi connectivity index (χ2n) is 3.49. The maximum absolute atomic E-state index is 12.4. The summed E-state index contributed by atoms with van der Waals surface area (Å²) in [6, 6.07) is 5.70. The second kappa shape index (κ2) is 5.34. The van der Waals surface area contributed by atoms with Gasteiger partial charge in [0.15, 0.2) is 0 Å². The van der Waals surface area contributed by atoms with E-state index >= 15 is 0 Å². The van der Waals surface area contributed by atoms with Crippen LogP contribution < -0.4 is 0 Å². The minimum Gasteiger partial charge on any atom is -0.288 e. The first kappa shape index (κ1) is 13.5. The molecule has 1 aromatic carbocycles. The van der Waals surface area contributed by atoms with E-state index in [9.17, 15) is 4.79 Å². The third kappa shape index (κ3) is 2.57. The summed E-state index contributed by atoms with van der Waals surface area (Å²) in [5, 5.41) is 1.90. The highest BCUT2D eigenvalue weighted by Gasteiger charge is 2.19. The zero-order valence-electron chi connectivity index (χ0n) is 8.76. The SMILES string of the molecule is Cc1cccc(C(=O)c2scc(Br)c2Br)c1Br. The minimum absolute atomic E-state index is 0.0307. The van der Waals surface area contributed by atoms with Crippen LogP contribution in [0.5, 0.6) is 0 Å². The first-order valence-electron chi connectivity index (χ1n) is 4.74. The number of halogens is 3. The smallest absolute Gasteiger partial charge is 0.205 e. The van der Waals surface area contributed by atoms with E-state index < -0.39 is 0 Å². The lowest BCUT2D eigenvalue weighted by Crippen LogP contribution is -2.01. The van der Waals surface area contributed by atoms with E-state index in [0.29, 0.717) is 10.4 Å². The Labute approximate surface area is 129 Å². The van der Waals surface area contributed by atoms with Gasteiger partial charge in [0.05, 0.1) is 9.35 Å². The zero-order chi connectivity index (χ0) is 12.6. The lowest BCUT2D eigenvalue weighted by molar-refractivity contribution is 0.104. The lowest BCUT2D eigenvalue weighted by atomic mass is 10.1. The van der Waals surface area contributed by atoms with Gasteiger partial charge in [-0.05, 0) is 66.3 Å². The summed E-state index contributed by atoms with van der Waals surface area (Å²) in [5.74, 6) is 0.0307. The Morgan fingerprint density at radius 2 is 1.88 bits per heavy atom. The molecule has 88 valence electrons. The molecule has 0 unspecified atom stereocenters. The molecule has 2 rings (SSSR count). The van der Waals surface area contributed by atoms with Crippen LogP contribution in [0, 0.1) is 6.92 Å². The summed E-state index contributed by atoms with van der Waals surface area (Å²) >= 11 is 11.7. The Morgan fingerprint density at radius 1 is 1.18 bits per heavy atom. The molecule has 0 radical (unpaired) electrons. The average Bonchev–Trinajstić information content (AvgIpc) is 2.63. The second-order valence-corrected chi connectivity index (χ2v) is 6.81. The number of hydrogen-bond donors (Lipinski definition) is 0. The number of aryl methyl sites for hydroxylation is 1. The van der Waals surface area contributed by atoms with Crippen LogP contribution in [0.2, 0.25) is 0 Å². The van der Waals surface area contributed by atoms with E-state index in [4.69, 9.17) is 0 Å². The number of hydrogen-bond acceptors (Lipinski definition) is 2. The van der Waals surface area contributed by atoms with Gasteiger partial charge < -0.3 is 0 Å². The number of ketones is 1. The van der Waals surface area contributed by atoms with Gasteiger partial charge >= 0.3 is 0 Å². The van der Waals surface area contributed by atoms with Gasteiger partial charge in [0.25, 0.3) is 0 Å². The molecule has 0 saturated heterocycles. The van der Waals surface area contributed by atoms with Crippen LogP contribution in [0.3, 0.4) is 0 Å². The molecule has 5 heteroatoms. The fraction of sp³-hybridized carbons (Fsp3) is 0.0833. The summed E-state index contributed by atoms with van der Waals surface area (Å²) in [6.45, 7) is 1.97. The van der Waals surface area contributed by atoms with Gasteiger partial charge in [0, 0.05) is 19.9 Å². The van der Waals surface area contributed by atoms with Crippen molar-refractivity contribution >= 4 is 64.9 Å². The van der Waals surface area contributed by atoms with E-state index in [-0.39, 0.29) is 5.78 Å². The molecule has 0 spiro atoms. The van der Waals surface area contributed by atoms with Crippen LogP contribution in [0.4, 0.5) is 0 Å². The summed E-state index contributed by atoms with van der Waals surface area (Å²) < 4.78 is 2.59. The van der Waals surface area contributed by atoms with Crippen molar-refractivity contribution in [2.24, 2.45) is 0 Å². The van der Waals surface area contributed by atoms with Gasteiger partial charge in [-0.25, -0.2) is 0 Å². The highest BCUT2D eigenvalue weighted by Crippen LogP contribution is 2.35. The van der Waals surface area contributed by atoms with Crippen LogP contribution in [0.25, 0.3) is 0 Å². The van der Waals surface area contributed by atoms with Crippen LogP contribution in [0.1, 0.15) is 20.8 Å². The topological polar surface area (TPSA) is 17.1 Å². The van der Waals surface area contributed by atoms with Gasteiger partial charge in [0.2, 0.25) is 5.78 Å². The average molecular weight is 439 g/mol. The normalized spacial score (nSPS) is 10.6. The third-order valence-corrected chi connectivity index (χ3v) is 6.91. The predicted octanol–water partition coefficient (Wildman–Crippen LogP) is 5.58. The summed E-state index contributed by atoms with van der Waals surface area (Å²) in [7, 11) is 0. The number of carbonyl (C=O) groups excluding carboxylic acids is 1. The van der Waals surface area contributed by atoms with Crippen molar-refractivity contribution in [3.63, 3.8) is 0 Å². The number of benzene rings is 1. The highest BCUT2D eigenvalue weighted by molar-refractivity contribution is 9.13.